The molecule has 158 valence electrons. The molecule has 1 fully saturated rings. The zero-order valence-corrected chi connectivity index (χ0v) is 17.0. The van der Waals surface area contributed by atoms with Crippen LogP contribution in [0.1, 0.15) is 28.8 Å². The van der Waals surface area contributed by atoms with E-state index in [1.807, 2.05) is 0 Å². The standard InChI is InChI=1S/C22H25N3O5/c1-29-19-8-7-16(13-20(19)30-2)22(28)25-11-9-15(10-12-25)21(27)24-23-14-17-5-3-4-6-18(17)26/h3-8,13-15,26H,9-12H2,1-2H3,(H,24,27)/b23-14-. The highest BCUT2D eigenvalue weighted by Gasteiger charge is 2.28. The smallest absolute Gasteiger partial charge is 0.253 e. The predicted octanol–water partition coefficient (Wildman–Crippen LogP) is 2.41. The number of rotatable bonds is 6. The van der Waals surface area contributed by atoms with Crippen molar-refractivity contribution >= 4 is 18.0 Å². The molecule has 0 radical (unpaired) electrons. The van der Waals surface area contributed by atoms with Gasteiger partial charge in [0.25, 0.3) is 5.91 Å². The van der Waals surface area contributed by atoms with E-state index in [1.54, 1.807) is 54.5 Å². The molecule has 0 aliphatic carbocycles. The first-order valence-corrected chi connectivity index (χ1v) is 9.65. The lowest BCUT2D eigenvalue weighted by Gasteiger charge is -2.31. The molecule has 0 aromatic heterocycles. The molecule has 8 nitrogen and oxygen atoms in total. The van der Waals surface area contributed by atoms with E-state index in [4.69, 9.17) is 9.47 Å². The van der Waals surface area contributed by atoms with Crippen LogP contribution in [0.15, 0.2) is 47.6 Å². The maximum absolute atomic E-state index is 12.8. The van der Waals surface area contributed by atoms with Crippen molar-refractivity contribution in [2.75, 3.05) is 27.3 Å². The van der Waals surface area contributed by atoms with Crippen LogP contribution in [0.2, 0.25) is 0 Å². The fourth-order valence-electron chi connectivity index (χ4n) is 3.35. The van der Waals surface area contributed by atoms with Crippen LogP contribution in [0.4, 0.5) is 0 Å². The Morgan fingerprint density at radius 1 is 1.10 bits per heavy atom. The average molecular weight is 411 g/mol. The Balaban J connectivity index is 1.53. The number of phenolic OH excluding ortho intramolecular Hbond substituents is 1. The molecule has 30 heavy (non-hydrogen) atoms. The van der Waals surface area contributed by atoms with Gasteiger partial charge in [-0.15, -0.1) is 0 Å². The maximum atomic E-state index is 12.8. The highest BCUT2D eigenvalue weighted by atomic mass is 16.5. The molecule has 2 aromatic rings. The number of likely N-dealkylation sites (tertiary alicyclic amines) is 1. The van der Waals surface area contributed by atoms with E-state index in [2.05, 4.69) is 10.5 Å². The second-order valence-corrected chi connectivity index (χ2v) is 6.93. The van der Waals surface area contributed by atoms with Crippen LogP contribution in [0.5, 0.6) is 17.2 Å². The molecule has 8 heteroatoms. The molecule has 1 aliphatic heterocycles. The van der Waals surface area contributed by atoms with E-state index in [1.165, 1.54) is 13.3 Å². The van der Waals surface area contributed by atoms with Gasteiger partial charge in [0.15, 0.2) is 11.5 Å². The molecule has 0 spiro atoms. The summed E-state index contributed by atoms with van der Waals surface area (Å²) in [6.45, 7) is 0.961. The molecule has 0 atom stereocenters. The average Bonchev–Trinajstić information content (AvgIpc) is 2.79. The minimum atomic E-state index is -0.221. The number of phenols is 1. The van der Waals surface area contributed by atoms with E-state index in [9.17, 15) is 14.7 Å². The number of piperidine rings is 1. The third-order valence-electron chi connectivity index (χ3n) is 5.10. The van der Waals surface area contributed by atoms with Gasteiger partial charge in [-0.1, -0.05) is 12.1 Å². The number of amides is 2. The molecule has 2 N–H and O–H groups in total. The zero-order chi connectivity index (χ0) is 21.5. The topological polar surface area (TPSA) is 100 Å². The molecule has 0 bridgehead atoms. The molecular weight excluding hydrogens is 386 g/mol. The van der Waals surface area contributed by atoms with Crippen molar-refractivity contribution in [1.82, 2.24) is 10.3 Å². The molecule has 2 amide bonds. The van der Waals surface area contributed by atoms with Crippen LogP contribution >= 0.6 is 0 Å². The van der Waals surface area contributed by atoms with Crippen molar-refractivity contribution in [3.8, 4) is 17.2 Å². The van der Waals surface area contributed by atoms with Crippen LogP contribution in [0.3, 0.4) is 0 Å². The summed E-state index contributed by atoms with van der Waals surface area (Å²) in [6.07, 6.45) is 2.51. The zero-order valence-electron chi connectivity index (χ0n) is 17.0. The molecule has 1 saturated heterocycles. The van der Waals surface area contributed by atoms with Crippen LogP contribution in [0.25, 0.3) is 0 Å². The summed E-state index contributed by atoms with van der Waals surface area (Å²) in [5.74, 6) is 0.638. The molecule has 2 aromatic carbocycles. The Labute approximate surface area is 175 Å². The van der Waals surface area contributed by atoms with Crippen molar-refractivity contribution in [3.05, 3.63) is 53.6 Å². The van der Waals surface area contributed by atoms with Crippen molar-refractivity contribution in [2.24, 2.45) is 11.0 Å². The summed E-state index contributed by atoms with van der Waals surface area (Å²) in [7, 11) is 3.07. The Kier molecular flexibility index (Phi) is 6.90. The van der Waals surface area contributed by atoms with Crippen molar-refractivity contribution < 1.29 is 24.2 Å². The van der Waals surface area contributed by atoms with E-state index in [0.29, 0.717) is 48.6 Å². The summed E-state index contributed by atoms with van der Waals surface area (Å²) < 4.78 is 10.5. The Morgan fingerprint density at radius 2 is 1.80 bits per heavy atom. The van der Waals surface area contributed by atoms with Gasteiger partial charge in [-0.2, -0.15) is 5.10 Å². The van der Waals surface area contributed by atoms with Gasteiger partial charge in [-0.25, -0.2) is 5.43 Å². The lowest BCUT2D eigenvalue weighted by atomic mass is 9.95. The van der Waals surface area contributed by atoms with Crippen LogP contribution in [-0.4, -0.2) is 55.3 Å². The van der Waals surface area contributed by atoms with Gasteiger partial charge in [0, 0.05) is 30.1 Å². The number of hydrogen-bond acceptors (Lipinski definition) is 6. The fourth-order valence-corrected chi connectivity index (χ4v) is 3.35. The summed E-state index contributed by atoms with van der Waals surface area (Å²) in [5, 5.41) is 13.6. The first-order valence-electron chi connectivity index (χ1n) is 9.65. The van der Waals surface area contributed by atoms with Gasteiger partial charge in [0.05, 0.1) is 20.4 Å². The van der Waals surface area contributed by atoms with E-state index >= 15 is 0 Å². The first-order chi connectivity index (χ1) is 14.5. The van der Waals surface area contributed by atoms with E-state index in [0.717, 1.165) is 0 Å². The number of hydrazone groups is 1. The highest BCUT2D eigenvalue weighted by Crippen LogP contribution is 2.29. The fraction of sp³-hybridized carbons (Fsp3) is 0.318. The SMILES string of the molecule is COc1ccc(C(=O)N2CCC(C(=O)N/N=C\c3ccccc3O)CC2)cc1OC. The number of carbonyl (C=O) groups is 2. The van der Waals surface area contributed by atoms with Crippen molar-refractivity contribution in [2.45, 2.75) is 12.8 Å². The lowest BCUT2D eigenvalue weighted by Crippen LogP contribution is -2.42. The van der Waals surface area contributed by atoms with E-state index < -0.39 is 0 Å². The van der Waals surface area contributed by atoms with E-state index in [-0.39, 0.29) is 23.5 Å². The maximum Gasteiger partial charge on any atom is 0.253 e. The van der Waals surface area contributed by atoms with Gasteiger partial charge in [0.1, 0.15) is 5.75 Å². The van der Waals surface area contributed by atoms with Crippen molar-refractivity contribution in [3.63, 3.8) is 0 Å². The monoisotopic (exact) mass is 411 g/mol. The number of benzene rings is 2. The summed E-state index contributed by atoms with van der Waals surface area (Å²) in [5.41, 5.74) is 3.56. The third-order valence-corrected chi connectivity index (χ3v) is 5.10. The van der Waals surface area contributed by atoms with Gasteiger partial charge in [0.2, 0.25) is 5.91 Å². The van der Waals surface area contributed by atoms with Gasteiger partial charge in [-0.05, 0) is 43.2 Å². The number of nitrogens with one attached hydrogen (secondary N) is 1. The lowest BCUT2D eigenvalue weighted by molar-refractivity contribution is -0.126. The Hall–Kier alpha value is -3.55. The summed E-state index contributed by atoms with van der Waals surface area (Å²) in [4.78, 5) is 26.9. The molecule has 3 rings (SSSR count). The minimum Gasteiger partial charge on any atom is -0.507 e. The second kappa shape index (κ2) is 9.78. The van der Waals surface area contributed by atoms with Gasteiger partial charge in [-0.3, -0.25) is 9.59 Å². The molecule has 0 unspecified atom stereocenters. The second-order valence-electron chi connectivity index (χ2n) is 6.93. The van der Waals surface area contributed by atoms with Crippen LogP contribution in [0, 0.1) is 5.92 Å². The van der Waals surface area contributed by atoms with Crippen LogP contribution in [-0.2, 0) is 4.79 Å². The molecule has 1 aliphatic rings. The molecular formula is C22H25N3O5. The molecule has 1 heterocycles. The third kappa shape index (κ3) is 4.89. The summed E-state index contributed by atoms with van der Waals surface area (Å²) >= 11 is 0. The number of methoxy groups -OCH3 is 2. The highest BCUT2D eigenvalue weighted by molar-refractivity contribution is 5.95. The van der Waals surface area contributed by atoms with Crippen molar-refractivity contribution in [1.29, 1.82) is 0 Å². The van der Waals surface area contributed by atoms with Crippen LogP contribution < -0.4 is 14.9 Å². The Morgan fingerprint density at radius 3 is 2.47 bits per heavy atom. The molecule has 0 saturated carbocycles. The number of nitrogens with zero attached hydrogens (tertiary/aromatic N) is 2. The quantitative estimate of drug-likeness (QED) is 0.562. The number of para-hydroxylation sites is 1. The first kappa shape index (κ1) is 21.2. The minimum absolute atomic E-state index is 0.0949. The number of ether oxygens (including phenoxy) is 2. The predicted molar refractivity (Wildman–Crippen MR) is 112 cm³/mol. The normalized spacial score (nSPS) is 14.5. The Bertz CT molecular complexity index is 936. The van der Waals surface area contributed by atoms with Gasteiger partial charge < -0.3 is 19.5 Å². The van der Waals surface area contributed by atoms with Gasteiger partial charge >= 0.3 is 0 Å². The largest absolute Gasteiger partial charge is 0.507 e. The number of carbonyl (C=O) groups excluding carboxylic acids is 2. The summed E-state index contributed by atoms with van der Waals surface area (Å²) in [6, 6.07) is 11.8. The number of aromatic hydroxyl groups is 1. The number of hydrogen-bond donors (Lipinski definition) is 2.